The Kier molecular flexibility index (Phi) is 9.54. The van der Waals surface area contributed by atoms with Crippen LogP contribution in [0.15, 0.2) is 46.9 Å². The van der Waals surface area contributed by atoms with E-state index in [-0.39, 0.29) is 37.7 Å². The predicted molar refractivity (Wildman–Crippen MR) is 139 cm³/mol. The molecule has 0 amide bonds. The van der Waals surface area contributed by atoms with E-state index >= 15 is 0 Å². The van der Waals surface area contributed by atoms with Gasteiger partial charge in [-0.05, 0) is 58.2 Å². The van der Waals surface area contributed by atoms with E-state index in [0.29, 0.717) is 17.2 Å². The summed E-state index contributed by atoms with van der Waals surface area (Å²) < 4.78 is 13.9. The molecule has 0 bridgehead atoms. The van der Waals surface area contributed by atoms with E-state index in [9.17, 15) is 10.2 Å². The first-order valence-corrected chi connectivity index (χ1v) is 12.6. The Morgan fingerprint density at radius 2 is 1.80 bits per heavy atom. The fourth-order valence-electron chi connectivity index (χ4n) is 3.54. The van der Waals surface area contributed by atoms with Crippen LogP contribution in [-0.2, 0) is 18.6 Å². The minimum absolute atomic E-state index is 0.105. The molecule has 0 aliphatic heterocycles. The average molecular weight is 570 g/mol. The zero-order valence-electron chi connectivity index (χ0n) is 20.0. The molecule has 0 aliphatic carbocycles. The Morgan fingerprint density at radius 1 is 1.11 bits per heavy atom. The van der Waals surface area contributed by atoms with Crippen molar-refractivity contribution in [3.8, 4) is 11.5 Å². The largest absolute Gasteiger partial charge is 0.491 e. The van der Waals surface area contributed by atoms with Crippen LogP contribution in [0.5, 0.6) is 11.5 Å². The zero-order valence-corrected chi connectivity index (χ0v) is 22.4. The lowest BCUT2D eigenvalue weighted by Gasteiger charge is -2.27. The first-order chi connectivity index (χ1) is 16.6. The summed E-state index contributed by atoms with van der Waals surface area (Å²) >= 11 is 9.27. The van der Waals surface area contributed by atoms with Gasteiger partial charge in [0.2, 0.25) is 6.10 Å². The van der Waals surface area contributed by atoms with Gasteiger partial charge in [0.1, 0.15) is 29.9 Å². The van der Waals surface area contributed by atoms with Crippen LogP contribution in [0.1, 0.15) is 36.4 Å². The summed E-state index contributed by atoms with van der Waals surface area (Å²) in [7, 11) is 0. The molecule has 0 saturated carbocycles. The molecule has 0 radical (unpaired) electrons. The van der Waals surface area contributed by atoms with Crippen LogP contribution >= 0.6 is 27.5 Å². The van der Waals surface area contributed by atoms with E-state index in [1.807, 2.05) is 42.5 Å². The van der Waals surface area contributed by atoms with Gasteiger partial charge >= 0.3 is 0 Å². The van der Waals surface area contributed by atoms with Gasteiger partial charge in [-0.1, -0.05) is 37.3 Å². The molecule has 2 atom stereocenters. The molecule has 35 heavy (non-hydrogen) atoms. The smallest absolute Gasteiger partial charge is 0.202 e. The van der Waals surface area contributed by atoms with Crippen molar-refractivity contribution in [2.45, 2.75) is 51.5 Å². The molecule has 8 nitrogen and oxygen atoms in total. The molecule has 2 aromatic carbocycles. The third-order valence-electron chi connectivity index (χ3n) is 5.91. The number of hydrogen-bond acceptors (Lipinski definition) is 6. The number of hydrogen-bond donors (Lipinski definition) is 2. The van der Waals surface area contributed by atoms with Crippen LogP contribution in [0, 0.1) is 6.92 Å². The molecule has 0 fully saturated rings. The quantitative estimate of drug-likeness (QED) is 0.256. The molecule has 10 heteroatoms. The fraction of sp³-hybridized carbons (Fsp3) is 0.440. The first kappa shape index (κ1) is 27.4. The van der Waals surface area contributed by atoms with Crippen LogP contribution in [-0.4, -0.2) is 61.6 Å². The molecule has 190 valence electrons. The summed E-state index contributed by atoms with van der Waals surface area (Å²) in [4.78, 5) is 0. The molecule has 0 saturated heterocycles. The second-order valence-corrected chi connectivity index (χ2v) is 10.0. The van der Waals surface area contributed by atoms with Crippen molar-refractivity contribution >= 4 is 27.5 Å². The summed E-state index contributed by atoms with van der Waals surface area (Å²) in [5.41, 5.74) is 3.15. The van der Waals surface area contributed by atoms with Crippen LogP contribution in [0.3, 0.4) is 0 Å². The van der Waals surface area contributed by atoms with E-state index in [2.05, 4.69) is 40.1 Å². The summed E-state index contributed by atoms with van der Waals surface area (Å²) in [5.74, 6) is 1.57. The molecule has 0 unspecified atom stereocenters. The lowest BCUT2D eigenvalue weighted by atomic mass is 9.78. The van der Waals surface area contributed by atoms with E-state index < -0.39 is 12.2 Å². The highest BCUT2D eigenvalue weighted by atomic mass is 79.9. The van der Waals surface area contributed by atoms with Crippen molar-refractivity contribution in [1.29, 1.82) is 0 Å². The van der Waals surface area contributed by atoms with Gasteiger partial charge in [-0.3, -0.25) is 0 Å². The summed E-state index contributed by atoms with van der Waals surface area (Å²) in [5, 5.41) is 35.1. The maximum Gasteiger partial charge on any atom is 0.202 e. The van der Waals surface area contributed by atoms with Crippen molar-refractivity contribution in [3.05, 3.63) is 69.5 Å². The highest BCUT2D eigenvalue weighted by molar-refractivity contribution is 9.10. The second kappa shape index (κ2) is 12.2. The Hall–Kier alpha value is -2.17. The molecule has 4 N–H and O–H groups in total. The van der Waals surface area contributed by atoms with E-state index in [1.165, 1.54) is 0 Å². The number of nitrogens with zero attached hydrogens (tertiary/aromatic N) is 3. The van der Waals surface area contributed by atoms with Gasteiger partial charge < -0.3 is 24.8 Å². The first-order valence-electron chi connectivity index (χ1n) is 11.3. The average Bonchev–Trinajstić information content (AvgIpc) is 3.20. The van der Waals surface area contributed by atoms with Crippen LogP contribution in [0.4, 0.5) is 0 Å². The molecular formula is C25H32BrClN3O5+. The molecule has 3 aromatic rings. The molecule has 1 heterocycles. The molecule has 1 aromatic heterocycles. The minimum atomic E-state index is -0.772. The Labute approximate surface area is 218 Å². The van der Waals surface area contributed by atoms with Crippen molar-refractivity contribution in [1.82, 2.24) is 15.0 Å². The van der Waals surface area contributed by atoms with Gasteiger partial charge in [0.05, 0.1) is 29.2 Å². The fourth-order valence-corrected chi connectivity index (χ4v) is 4.12. The summed E-state index contributed by atoms with van der Waals surface area (Å²) in [6.07, 6.45) is -1.24. The highest BCUT2D eigenvalue weighted by Gasteiger charge is 2.24. The molecule has 0 aliphatic rings. The molecule has 3 rings (SSSR count). The molecular weight excluding hydrogens is 538 g/mol. The van der Waals surface area contributed by atoms with E-state index in [0.717, 1.165) is 21.3 Å². The Morgan fingerprint density at radius 3 is 2.40 bits per heavy atom. The van der Waals surface area contributed by atoms with E-state index in [4.69, 9.17) is 26.2 Å². The van der Waals surface area contributed by atoms with Crippen LogP contribution in [0.2, 0.25) is 0 Å². The lowest BCUT2D eigenvalue weighted by molar-refractivity contribution is 0.0882. The topological polar surface area (TPSA) is 113 Å². The number of halogens is 2. The molecule has 0 spiro atoms. The number of ether oxygens (including phenoxy) is 2. The standard InChI is InChI=1S/C25H31BrClN3O5/c1-16-23(13-31)28-29-30(16)12-20(33)15-34-21-7-4-17(5-8-21)25(2,3)18-6-9-24(22(26)10-18)35-14-19(32)11-27/h4-10,19-20,31-33H,11-15H2,1-3H3/p+1/t19-,20-/m0/s1. The zero-order chi connectivity index (χ0) is 25.6. The summed E-state index contributed by atoms with van der Waals surface area (Å²) in [6, 6.07) is 13.8. The van der Waals surface area contributed by atoms with Crippen molar-refractivity contribution in [2.75, 3.05) is 19.1 Å². The number of benzene rings is 2. The monoisotopic (exact) mass is 568 g/mol. The van der Waals surface area contributed by atoms with Gasteiger partial charge in [-0.15, -0.1) is 16.7 Å². The Balaban J connectivity index is 1.60. The van der Waals surface area contributed by atoms with Gasteiger partial charge in [-0.25, -0.2) is 4.68 Å². The number of aliphatic hydroxyl groups excluding tert-OH is 2. The van der Waals surface area contributed by atoms with Crippen molar-refractivity contribution in [3.63, 3.8) is 0 Å². The lowest BCUT2D eigenvalue weighted by Crippen LogP contribution is -2.25. The van der Waals surface area contributed by atoms with Crippen molar-refractivity contribution in [2.24, 2.45) is 0 Å². The van der Waals surface area contributed by atoms with Gasteiger partial charge in [0, 0.05) is 5.41 Å². The van der Waals surface area contributed by atoms with E-state index in [1.54, 1.807) is 11.6 Å². The second-order valence-electron chi connectivity index (χ2n) is 8.88. The number of rotatable bonds is 12. The normalized spacial score (nSPS) is 13.5. The highest BCUT2D eigenvalue weighted by Crippen LogP contribution is 2.36. The van der Waals surface area contributed by atoms with Gasteiger partial charge in [-0.2, -0.15) is 0 Å². The minimum Gasteiger partial charge on any atom is -0.491 e. The van der Waals surface area contributed by atoms with Crippen molar-refractivity contribution < 1.29 is 24.8 Å². The van der Waals surface area contributed by atoms with Crippen LogP contribution < -0.4 is 9.47 Å². The predicted octanol–water partition coefficient (Wildman–Crippen LogP) is 3.32. The van der Waals surface area contributed by atoms with Gasteiger partial charge in [0.25, 0.3) is 0 Å². The van der Waals surface area contributed by atoms with Gasteiger partial charge in [0.15, 0.2) is 6.61 Å². The number of alkyl halides is 1. The number of aromatic nitrogens is 3. The number of aliphatic hydroxyl groups is 2. The van der Waals surface area contributed by atoms with Crippen LogP contribution in [0.25, 0.3) is 0 Å². The maximum atomic E-state index is 10.3. The summed E-state index contributed by atoms with van der Waals surface area (Å²) in [6.45, 7) is 6.47. The maximum absolute atomic E-state index is 10.3. The Bertz CT molecular complexity index is 1110. The third kappa shape index (κ3) is 6.95. The SMILES string of the molecule is Cc1c(CO)nnn1C[C@H](O)COc1ccc(C(C)(C)c2ccc(OC[C@@H]([OH2+])CCl)c(Br)c2)cc1. The third-order valence-corrected chi connectivity index (χ3v) is 6.90.